The van der Waals surface area contributed by atoms with E-state index in [1.165, 1.54) is 36.4 Å². The minimum Gasteiger partial charge on any atom is -0.452 e. The van der Waals surface area contributed by atoms with Crippen molar-refractivity contribution >= 4 is 25.3 Å². The van der Waals surface area contributed by atoms with Gasteiger partial charge >= 0.3 is 13.1 Å². The molecule has 0 aliphatic carbocycles. The highest BCUT2D eigenvalue weighted by atomic mass is 32.1. The molecule has 0 fully saturated rings. The summed E-state index contributed by atoms with van der Waals surface area (Å²) in [6.45, 7) is 0.0935. The number of halogens is 1. The maximum atomic E-state index is 12.8. The van der Waals surface area contributed by atoms with Crippen molar-refractivity contribution in [1.82, 2.24) is 0 Å². The van der Waals surface area contributed by atoms with Gasteiger partial charge in [0.15, 0.2) is 0 Å². The van der Waals surface area contributed by atoms with Crippen LogP contribution in [0, 0.1) is 5.82 Å². The second kappa shape index (κ2) is 7.52. The molecule has 0 atom stereocenters. The summed E-state index contributed by atoms with van der Waals surface area (Å²) in [6.07, 6.45) is 0. The number of phosphoric acid groups is 1. The molecule has 0 bridgehead atoms. The molecule has 2 rings (SSSR count). The monoisotopic (exact) mass is 358 g/mol. The number of hydrogen-bond donors (Lipinski definition) is 2. The molecule has 6 nitrogen and oxygen atoms in total. The Balaban J connectivity index is 1.84. The van der Waals surface area contributed by atoms with Crippen LogP contribution in [0.2, 0.25) is 0 Å². The third kappa shape index (κ3) is 6.33. The van der Waals surface area contributed by atoms with Gasteiger partial charge in [-0.05, 0) is 42.0 Å². The van der Waals surface area contributed by atoms with Crippen LogP contribution in [-0.2, 0) is 15.9 Å². The lowest BCUT2D eigenvalue weighted by atomic mass is 10.2. The van der Waals surface area contributed by atoms with Crippen molar-refractivity contribution in [2.45, 2.75) is 6.61 Å². The van der Waals surface area contributed by atoms with Crippen LogP contribution in [0.25, 0.3) is 0 Å². The number of phosphoric ester groups is 1. The first-order chi connectivity index (χ1) is 10.8. The summed E-state index contributed by atoms with van der Waals surface area (Å²) in [5.41, 5.74) is 0.688. The molecule has 0 saturated carbocycles. The zero-order valence-corrected chi connectivity index (χ0v) is 13.3. The van der Waals surface area contributed by atoms with Gasteiger partial charge in [0.25, 0.3) is 0 Å². The quantitative estimate of drug-likeness (QED) is 0.627. The van der Waals surface area contributed by atoms with Crippen molar-refractivity contribution in [3.8, 4) is 11.5 Å². The van der Waals surface area contributed by atoms with Crippen LogP contribution in [-0.4, -0.2) is 15.0 Å². The predicted octanol–water partition coefficient (Wildman–Crippen LogP) is 3.18. The molecule has 2 N–H and O–H groups in total. The standard InChI is InChI=1S/C14H12FO6PS/c15-11-3-7-12(8-4-11)20-14(23)19-9-10-1-5-13(6-2-10)21-22(16,17)18/h1-8H,9H2,(H2,16,17,18). The number of ether oxygens (including phenoxy) is 2. The molecule has 9 heteroatoms. The summed E-state index contributed by atoms with van der Waals surface area (Å²) in [4.78, 5) is 17.4. The number of rotatable bonds is 5. The third-order valence-electron chi connectivity index (χ3n) is 2.52. The molecule has 0 aliphatic rings. The summed E-state index contributed by atoms with van der Waals surface area (Å²) < 4.78 is 38.3. The highest BCUT2D eigenvalue weighted by Gasteiger charge is 2.15. The molecule has 0 aromatic heterocycles. The Morgan fingerprint density at radius 2 is 1.61 bits per heavy atom. The normalized spacial score (nSPS) is 10.9. The number of benzene rings is 2. The van der Waals surface area contributed by atoms with Gasteiger partial charge in [-0.2, -0.15) is 0 Å². The Morgan fingerprint density at radius 3 is 2.17 bits per heavy atom. The molecule has 0 aliphatic heterocycles. The first-order valence-electron chi connectivity index (χ1n) is 6.26. The molecule has 0 spiro atoms. The van der Waals surface area contributed by atoms with Gasteiger partial charge in [-0.15, -0.1) is 0 Å². The van der Waals surface area contributed by atoms with Crippen LogP contribution >= 0.6 is 20.0 Å². The highest BCUT2D eigenvalue weighted by molar-refractivity contribution is 7.79. The Bertz CT molecular complexity index is 713. The second-order valence-corrected chi connectivity index (χ2v) is 5.82. The fourth-order valence-corrected chi connectivity index (χ4v) is 2.11. The molecule has 2 aromatic rings. The summed E-state index contributed by atoms with van der Waals surface area (Å²) in [7, 11) is -4.58. The van der Waals surface area contributed by atoms with Gasteiger partial charge in [-0.3, -0.25) is 9.79 Å². The fraction of sp³-hybridized carbons (Fsp3) is 0.0714. The zero-order valence-electron chi connectivity index (χ0n) is 11.6. The molecular weight excluding hydrogens is 346 g/mol. The molecule has 0 saturated heterocycles. The van der Waals surface area contributed by atoms with Gasteiger partial charge in [-0.25, -0.2) is 8.96 Å². The van der Waals surface area contributed by atoms with Crippen LogP contribution < -0.4 is 9.26 Å². The third-order valence-corrected chi connectivity index (χ3v) is 3.17. The Morgan fingerprint density at radius 1 is 1.04 bits per heavy atom. The van der Waals surface area contributed by atoms with Gasteiger partial charge < -0.3 is 14.0 Å². The van der Waals surface area contributed by atoms with E-state index in [1.807, 2.05) is 0 Å². The van der Waals surface area contributed by atoms with Crippen LogP contribution in [0.3, 0.4) is 0 Å². The van der Waals surface area contributed by atoms with Crippen molar-refractivity contribution in [1.29, 1.82) is 0 Å². The minimum absolute atomic E-state index is 0.0345. The molecule has 0 amide bonds. The molecule has 0 heterocycles. The van der Waals surface area contributed by atoms with E-state index in [0.717, 1.165) is 0 Å². The zero-order chi connectivity index (χ0) is 16.9. The molecule has 23 heavy (non-hydrogen) atoms. The average molecular weight is 358 g/mol. The van der Waals surface area contributed by atoms with Crippen molar-refractivity contribution in [3.63, 3.8) is 0 Å². The van der Waals surface area contributed by atoms with E-state index >= 15 is 0 Å². The summed E-state index contributed by atoms with van der Waals surface area (Å²) >= 11 is 4.90. The maximum absolute atomic E-state index is 12.8. The molecule has 2 aromatic carbocycles. The Kier molecular flexibility index (Phi) is 5.68. The molecule has 122 valence electrons. The SMILES string of the molecule is O=P(O)(O)Oc1ccc(COC(=S)Oc2ccc(F)cc2)cc1. The van der Waals surface area contributed by atoms with E-state index in [-0.39, 0.29) is 23.4 Å². The van der Waals surface area contributed by atoms with Crippen molar-refractivity contribution in [2.75, 3.05) is 0 Å². The average Bonchev–Trinajstić information content (AvgIpc) is 2.47. The summed E-state index contributed by atoms with van der Waals surface area (Å²) in [6, 6.07) is 11.2. The van der Waals surface area contributed by atoms with E-state index < -0.39 is 7.82 Å². The fourth-order valence-electron chi connectivity index (χ4n) is 1.55. The van der Waals surface area contributed by atoms with E-state index in [1.54, 1.807) is 12.1 Å². The highest BCUT2D eigenvalue weighted by Crippen LogP contribution is 2.37. The lowest BCUT2D eigenvalue weighted by Crippen LogP contribution is -2.10. The van der Waals surface area contributed by atoms with Crippen molar-refractivity contribution in [2.24, 2.45) is 0 Å². The molecule has 0 unspecified atom stereocenters. The maximum Gasteiger partial charge on any atom is 0.524 e. The van der Waals surface area contributed by atoms with Crippen molar-refractivity contribution in [3.05, 3.63) is 59.9 Å². The second-order valence-electron chi connectivity index (χ2n) is 4.32. The smallest absolute Gasteiger partial charge is 0.452 e. The van der Waals surface area contributed by atoms with Crippen LogP contribution in [0.15, 0.2) is 48.5 Å². The molecule has 0 radical (unpaired) electrons. The minimum atomic E-state index is -4.58. The van der Waals surface area contributed by atoms with E-state index in [9.17, 15) is 8.96 Å². The lowest BCUT2D eigenvalue weighted by Gasteiger charge is -2.10. The Hall–Kier alpha value is -1.99. The topological polar surface area (TPSA) is 85.2 Å². The van der Waals surface area contributed by atoms with E-state index in [4.69, 9.17) is 31.5 Å². The molecular formula is C14H12FO6PS. The van der Waals surface area contributed by atoms with Gasteiger partial charge in [0.2, 0.25) is 0 Å². The van der Waals surface area contributed by atoms with Gasteiger partial charge in [0.05, 0.1) is 0 Å². The van der Waals surface area contributed by atoms with Gasteiger partial charge in [-0.1, -0.05) is 12.1 Å². The first-order valence-corrected chi connectivity index (χ1v) is 8.20. The van der Waals surface area contributed by atoms with Crippen molar-refractivity contribution < 1.29 is 32.7 Å². The van der Waals surface area contributed by atoms with Crippen LogP contribution in [0.5, 0.6) is 11.5 Å². The Labute approximate surface area is 136 Å². The van der Waals surface area contributed by atoms with E-state index in [2.05, 4.69) is 4.52 Å². The summed E-state index contributed by atoms with van der Waals surface area (Å²) in [5.74, 6) is -0.00387. The van der Waals surface area contributed by atoms with Gasteiger partial charge in [0, 0.05) is 12.2 Å². The largest absolute Gasteiger partial charge is 0.524 e. The lowest BCUT2D eigenvalue weighted by molar-refractivity contribution is 0.237. The number of thiocarbonyl (C=S) groups is 1. The van der Waals surface area contributed by atoms with Crippen LogP contribution in [0.4, 0.5) is 4.39 Å². The van der Waals surface area contributed by atoms with E-state index in [0.29, 0.717) is 11.3 Å². The predicted molar refractivity (Wildman–Crippen MR) is 83.5 cm³/mol. The summed E-state index contributed by atoms with van der Waals surface area (Å²) in [5, 5.41) is -0.132. The van der Waals surface area contributed by atoms with Gasteiger partial charge in [0.1, 0.15) is 23.9 Å². The number of hydrogen-bond acceptors (Lipinski definition) is 5. The first kappa shape index (κ1) is 17.4. The van der Waals surface area contributed by atoms with Crippen LogP contribution in [0.1, 0.15) is 5.56 Å².